The van der Waals surface area contributed by atoms with Gasteiger partial charge in [0.2, 0.25) is 6.08 Å². The van der Waals surface area contributed by atoms with E-state index in [0.29, 0.717) is 0 Å². The van der Waals surface area contributed by atoms with Crippen LogP contribution in [-0.4, -0.2) is 34.7 Å². The SMILES string of the molecule is C[Si](C)(C)C(N=C=O)([Si](C)(C)C)[Si](C)(C)C. The van der Waals surface area contributed by atoms with E-state index in [0.717, 1.165) is 0 Å². The highest BCUT2D eigenvalue weighted by Crippen LogP contribution is 2.41. The van der Waals surface area contributed by atoms with Gasteiger partial charge in [-0.1, -0.05) is 58.9 Å². The Hall–Kier alpha value is 0.0306. The highest BCUT2D eigenvalue weighted by atomic mass is 28.5. The van der Waals surface area contributed by atoms with Crippen LogP contribution in [0.15, 0.2) is 4.99 Å². The van der Waals surface area contributed by atoms with Crippen molar-refractivity contribution in [3.63, 3.8) is 0 Å². The van der Waals surface area contributed by atoms with Crippen LogP contribution in [0, 0.1) is 0 Å². The highest BCUT2D eigenvalue weighted by Gasteiger charge is 2.60. The van der Waals surface area contributed by atoms with Crippen molar-refractivity contribution in [2.45, 2.75) is 63.3 Å². The van der Waals surface area contributed by atoms with Crippen LogP contribution in [0.4, 0.5) is 0 Å². The highest BCUT2D eigenvalue weighted by molar-refractivity contribution is 7.15. The molecule has 0 saturated carbocycles. The summed E-state index contributed by atoms with van der Waals surface area (Å²) in [5.41, 5.74) is 0. The van der Waals surface area contributed by atoms with Crippen LogP contribution in [0.25, 0.3) is 0 Å². The van der Waals surface area contributed by atoms with Crippen molar-refractivity contribution in [1.29, 1.82) is 0 Å². The maximum atomic E-state index is 10.9. The van der Waals surface area contributed by atoms with Gasteiger partial charge < -0.3 is 0 Å². The van der Waals surface area contributed by atoms with Gasteiger partial charge in [0.25, 0.3) is 0 Å². The Labute approximate surface area is 104 Å². The van der Waals surface area contributed by atoms with Crippen molar-refractivity contribution >= 4 is 30.3 Å². The fourth-order valence-electron chi connectivity index (χ4n) is 3.95. The zero-order chi connectivity index (χ0) is 13.4. The maximum absolute atomic E-state index is 10.9. The summed E-state index contributed by atoms with van der Waals surface area (Å²) < 4.78 is -0.0191. The second-order valence-electron chi connectivity index (χ2n) is 7.66. The van der Waals surface area contributed by atoms with E-state index >= 15 is 0 Å². The van der Waals surface area contributed by atoms with Crippen LogP contribution < -0.4 is 0 Å². The number of hydrogen-bond acceptors (Lipinski definition) is 2. The maximum Gasteiger partial charge on any atom is 0.234 e. The van der Waals surface area contributed by atoms with Crippen LogP contribution in [-0.2, 0) is 4.79 Å². The average molecular weight is 274 g/mol. The van der Waals surface area contributed by atoms with Gasteiger partial charge in [-0.25, -0.2) is 9.79 Å². The van der Waals surface area contributed by atoms with Gasteiger partial charge in [-0.2, -0.15) is 0 Å². The molecule has 0 spiro atoms. The average Bonchev–Trinajstić information content (AvgIpc) is 1.91. The lowest BCUT2D eigenvalue weighted by Gasteiger charge is -2.55. The Balaban J connectivity index is 6.15. The minimum atomic E-state index is -1.53. The van der Waals surface area contributed by atoms with E-state index in [9.17, 15) is 4.79 Å². The van der Waals surface area contributed by atoms with E-state index in [4.69, 9.17) is 0 Å². The third-order valence-electron chi connectivity index (χ3n) is 3.47. The number of carbonyl (C=O) groups excluding carboxylic acids is 1. The fraction of sp³-hybridized carbons (Fsp3) is 0.909. The van der Waals surface area contributed by atoms with Crippen molar-refractivity contribution in [1.82, 2.24) is 0 Å². The summed E-state index contributed by atoms with van der Waals surface area (Å²) in [7, 11) is -4.60. The summed E-state index contributed by atoms with van der Waals surface area (Å²) in [6, 6.07) is 0. The number of rotatable bonds is 4. The van der Waals surface area contributed by atoms with E-state index in [1.54, 1.807) is 0 Å². The van der Waals surface area contributed by atoms with Gasteiger partial charge in [0.15, 0.2) is 0 Å². The van der Waals surface area contributed by atoms with Crippen LogP contribution in [0.5, 0.6) is 0 Å². The van der Waals surface area contributed by atoms with Crippen LogP contribution >= 0.6 is 0 Å². The number of aliphatic imine (C=N–C) groups is 1. The molecule has 0 atom stereocenters. The number of isocyanates is 1. The topological polar surface area (TPSA) is 29.4 Å². The first kappa shape index (κ1) is 16.0. The van der Waals surface area contributed by atoms with E-state index < -0.39 is 24.2 Å². The molecule has 94 valence electrons. The lowest BCUT2D eigenvalue weighted by molar-refractivity contribution is 0.562. The molecular weight excluding hydrogens is 246 g/mol. The first-order valence-corrected chi connectivity index (χ1v) is 16.4. The Morgan fingerprint density at radius 3 is 1.06 bits per heavy atom. The van der Waals surface area contributed by atoms with Crippen LogP contribution in [0.3, 0.4) is 0 Å². The van der Waals surface area contributed by atoms with Gasteiger partial charge in [-0.05, 0) is 0 Å². The summed E-state index contributed by atoms with van der Waals surface area (Å²) >= 11 is 0. The van der Waals surface area contributed by atoms with Gasteiger partial charge in [-0.3, -0.25) is 0 Å². The van der Waals surface area contributed by atoms with E-state index in [-0.39, 0.29) is 4.41 Å². The largest absolute Gasteiger partial charge is 0.234 e. The molecule has 0 aromatic carbocycles. The van der Waals surface area contributed by atoms with Crippen molar-refractivity contribution < 1.29 is 4.79 Å². The second kappa shape index (κ2) is 4.37. The molecule has 0 amide bonds. The Bertz CT molecular complexity index is 265. The molecule has 0 heterocycles. The molecule has 0 aliphatic carbocycles. The summed E-state index contributed by atoms with van der Waals surface area (Å²) in [6.45, 7) is 21.2. The molecule has 0 radical (unpaired) electrons. The molecule has 0 aliphatic rings. The lowest BCUT2D eigenvalue weighted by atomic mass is 11.3. The van der Waals surface area contributed by atoms with E-state index in [1.807, 2.05) is 6.08 Å². The van der Waals surface area contributed by atoms with Crippen LogP contribution in [0.1, 0.15) is 0 Å². The minimum Gasteiger partial charge on any atom is -0.211 e. The zero-order valence-corrected chi connectivity index (χ0v) is 15.4. The van der Waals surface area contributed by atoms with Crippen molar-refractivity contribution in [2.24, 2.45) is 4.99 Å². The summed E-state index contributed by atoms with van der Waals surface area (Å²) in [5.74, 6) is 0. The number of nitrogens with zero attached hydrogens (tertiary/aromatic N) is 1. The molecule has 0 unspecified atom stereocenters. The third-order valence-corrected chi connectivity index (χ3v) is 23.8. The van der Waals surface area contributed by atoms with Gasteiger partial charge in [0.1, 0.15) is 0 Å². The smallest absolute Gasteiger partial charge is 0.211 e. The predicted molar refractivity (Wildman–Crippen MR) is 80.9 cm³/mol. The molecule has 5 heteroatoms. The molecule has 0 bridgehead atoms. The van der Waals surface area contributed by atoms with Gasteiger partial charge in [-0.15, -0.1) is 0 Å². The summed E-state index contributed by atoms with van der Waals surface area (Å²) in [6.07, 6.45) is 1.91. The van der Waals surface area contributed by atoms with Crippen molar-refractivity contribution in [3.05, 3.63) is 0 Å². The fourth-order valence-corrected chi connectivity index (χ4v) is 32.1. The molecular formula is C11H27NOSi3. The zero-order valence-electron chi connectivity index (χ0n) is 12.4. The molecule has 0 aromatic rings. The molecule has 0 aliphatic heterocycles. The molecule has 0 aromatic heterocycles. The quantitative estimate of drug-likeness (QED) is 0.436. The van der Waals surface area contributed by atoms with E-state index in [2.05, 4.69) is 63.9 Å². The van der Waals surface area contributed by atoms with Crippen molar-refractivity contribution in [2.75, 3.05) is 0 Å². The third kappa shape index (κ3) is 2.47. The molecule has 2 nitrogen and oxygen atoms in total. The minimum absolute atomic E-state index is 0.0191. The molecule has 16 heavy (non-hydrogen) atoms. The standard InChI is InChI=1S/C11H27NOSi3/c1-14(2,3)11(12-10-13,15(4,5)6)16(7,8)9/h1-9H3. The second-order valence-corrected chi connectivity index (χ2v) is 24.8. The lowest BCUT2D eigenvalue weighted by Crippen LogP contribution is -2.76. The molecule has 0 fully saturated rings. The predicted octanol–water partition coefficient (Wildman–Crippen LogP) is 3.69. The monoisotopic (exact) mass is 273 g/mol. The normalized spacial score (nSPS) is 14.6. The first-order valence-electron chi connectivity index (χ1n) is 5.90. The Morgan fingerprint density at radius 1 is 0.750 bits per heavy atom. The van der Waals surface area contributed by atoms with E-state index in [1.165, 1.54) is 0 Å². The Morgan fingerprint density at radius 2 is 1.00 bits per heavy atom. The molecule has 0 rings (SSSR count). The summed E-state index contributed by atoms with van der Waals surface area (Å²) in [5, 5.41) is 0. The Kier molecular flexibility index (Phi) is 4.38. The van der Waals surface area contributed by atoms with Gasteiger partial charge >= 0.3 is 0 Å². The van der Waals surface area contributed by atoms with Gasteiger partial charge in [0, 0.05) is 4.41 Å². The molecule has 0 saturated heterocycles. The van der Waals surface area contributed by atoms with Crippen molar-refractivity contribution in [3.8, 4) is 0 Å². The first-order chi connectivity index (χ1) is 6.81. The summed E-state index contributed by atoms with van der Waals surface area (Å²) in [4.78, 5) is 15.4. The number of hydrogen-bond donors (Lipinski definition) is 0. The van der Waals surface area contributed by atoms with Gasteiger partial charge in [0.05, 0.1) is 24.2 Å². The molecule has 0 N–H and O–H groups in total. The van der Waals surface area contributed by atoms with Crippen LogP contribution in [0.2, 0.25) is 58.9 Å².